The van der Waals surface area contributed by atoms with Gasteiger partial charge in [-0.15, -0.1) is 0 Å². The van der Waals surface area contributed by atoms with Crippen LogP contribution in [0, 0.1) is 11.3 Å². The summed E-state index contributed by atoms with van der Waals surface area (Å²) in [4.78, 5) is 0. The molecule has 0 aromatic carbocycles. The lowest BCUT2D eigenvalue weighted by atomic mass is 9.97. The predicted molar refractivity (Wildman–Crippen MR) is 93.0 cm³/mol. The summed E-state index contributed by atoms with van der Waals surface area (Å²) < 4.78 is 65.5. The van der Waals surface area contributed by atoms with Gasteiger partial charge in [0.15, 0.2) is 0 Å². The number of nitrogens with one attached hydrogen (secondary N) is 1. The van der Waals surface area contributed by atoms with E-state index >= 15 is 0 Å². The quantitative estimate of drug-likeness (QED) is 0.251. The van der Waals surface area contributed by atoms with E-state index in [1.165, 1.54) is 12.2 Å². The third kappa shape index (κ3) is 7.80. The van der Waals surface area contributed by atoms with Crippen LogP contribution in [0.2, 0.25) is 0 Å². The third-order valence-electron chi connectivity index (χ3n) is 4.03. The zero-order chi connectivity index (χ0) is 19.8. The zero-order valence-electron chi connectivity index (χ0n) is 15.2. The second kappa shape index (κ2) is 10.3. The third-order valence-corrected chi connectivity index (χ3v) is 4.03. The summed E-state index contributed by atoms with van der Waals surface area (Å²) in [5, 5.41) is 7.82. The molecule has 142 valence electrons. The highest BCUT2D eigenvalue weighted by molar-refractivity contribution is 6.07. The van der Waals surface area contributed by atoms with E-state index in [1.54, 1.807) is 0 Å². The van der Waals surface area contributed by atoms with E-state index in [2.05, 4.69) is 20.4 Å². The van der Waals surface area contributed by atoms with E-state index in [4.69, 9.17) is 5.41 Å². The topological polar surface area (TPSA) is 23.9 Å². The molecule has 0 aromatic heterocycles. The lowest BCUT2D eigenvalue weighted by molar-refractivity contribution is -0.0929. The second-order valence-electron chi connectivity index (χ2n) is 6.09. The fourth-order valence-corrected chi connectivity index (χ4v) is 2.16. The number of allylic oxidation sites excluding steroid dienone is 7. The molecule has 0 aliphatic carbocycles. The molecule has 1 N–H and O–H groups in total. The molecule has 1 unspecified atom stereocenters. The standard InChI is InChI=1S/C19H26F5N/c1-6-12(3)9-8-10-15(7-2)11-16(25)13(4)18(21)17(14(5)20)19(22,23)24/h7,11-12,25H,2,6,8-10H2,1,3-5H3. The minimum absolute atomic E-state index is 0.432. The molecule has 0 aliphatic heterocycles. The molecule has 1 nitrogen and oxygen atoms in total. The first-order valence-corrected chi connectivity index (χ1v) is 8.17. The normalized spacial score (nSPS) is 16.1. The molecule has 0 heterocycles. The van der Waals surface area contributed by atoms with Gasteiger partial charge in [0, 0.05) is 5.57 Å². The van der Waals surface area contributed by atoms with Gasteiger partial charge in [-0.05, 0) is 44.3 Å². The van der Waals surface area contributed by atoms with Gasteiger partial charge in [0.25, 0.3) is 0 Å². The van der Waals surface area contributed by atoms with Gasteiger partial charge in [0.05, 0.1) is 5.71 Å². The molecule has 0 saturated carbocycles. The summed E-state index contributed by atoms with van der Waals surface area (Å²) >= 11 is 0. The van der Waals surface area contributed by atoms with Gasteiger partial charge in [-0.2, -0.15) is 13.2 Å². The molecule has 0 aromatic rings. The van der Waals surface area contributed by atoms with Crippen molar-refractivity contribution < 1.29 is 22.0 Å². The molecular weight excluding hydrogens is 337 g/mol. The monoisotopic (exact) mass is 363 g/mol. The predicted octanol–water partition coefficient (Wildman–Crippen LogP) is 7.38. The van der Waals surface area contributed by atoms with Crippen LogP contribution in [-0.4, -0.2) is 11.9 Å². The van der Waals surface area contributed by atoms with E-state index < -0.39 is 34.7 Å². The summed E-state index contributed by atoms with van der Waals surface area (Å²) in [5.74, 6) is -2.88. The highest BCUT2D eigenvalue weighted by Gasteiger charge is 2.40. The Morgan fingerprint density at radius 3 is 2.16 bits per heavy atom. The van der Waals surface area contributed by atoms with Crippen molar-refractivity contribution in [2.24, 2.45) is 5.92 Å². The Hall–Kier alpha value is -1.72. The molecular formula is C19H26F5N. The zero-order valence-corrected chi connectivity index (χ0v) is 15.2. The maximum Gasteiger partial charge on any atom is 0.421 e. The summed E-state index contributed by atoms with van der Waals surface area (Å²) in [6, 6.07) is 0. The molecule has 0 fully saturated rings. The number of hydrogen-bond donors (Lipinski definition) is 1. The number of rotatable bonds is 9. The van der Waals surface area contributed by atoms with E-state index in [0.717, 1.165) is 26.2 Å². The first-order valence-electron chi connectivity index (χ1n) is 8.17. The van der Waals surface area contributed by atoms with E-state index in [0.29, 0.717) is 24.8 Å². The van der Waals surface area contributed by atoms with Crippen LogP contribution in [0.4, 0.5) is 22.0 Å². The number of halogens is 5. The Kier molecular flexibility index (Phi) is 9.60. The van der Waals surface area contributed by atoms with Crippen LogP contribution in [0.3, 0.4) is 0 Å². The molecule has 0 rings (SSSR count). The number of alkyl halides is 3. The molecule has 0 aliphatic rings. The maximum atomic E-state index is 14.1. The van der Waals surface area contributed by atoms with E-state index in [1.807, 2.05) is 0 Å². The summed E-state index contributed by atoms with van der Waals surface area (Å²) in [5.41, 5.74) is -2.33. The molecule has 6 heteroatoms. The maximum absolute atomic E-state index is 14.1. The van der Waals surface area contributed by atoms with Gasteiger partial charge in [0.2, 0.25) is 0 Å². The van der Waals surface area contributed by atoms with Crippen molar-refractivity contribution in [1.82, 2.24) is 0 Å². The Labute approximate surface area is 146 Å². The van der Waals surface area contributed by atoms with Crippen molar-refractivity contribution in [1.29, 1.82) is 5.41 Å². The van der Waals surface area contributed by atoms with Crippen molar-refractivity contribution in [3.63, 3.8) is 0 Å². The Balaban J connectivity index is 5.42. The minimum Gasteiger partial charge on any atom is -0.301 e. The van der Waals surface area contributed by atoms with Crippen LogP contribution in [0.5, 0.6) is 0 Å². The Morgan fingerprint density at radius 2 is 1.76 bits per heavy atom. The smallest absolute Gasteiger partial charge is 0.301 e. The largest absolute Gasteiger partial charge is 0.421 e. The van der Waals surface area contributed by atoms with Gasteiger partial charge in [-0.25, -0.2) is 8.78 Å². The average molecular weight is 363 g/mol. The Bertz CT molecular complexity index is 575. The van der Waals surface area contributed by atoms with Gasteiger partial charge >= 0.3 is 6.18 Å². The molecule has 0 amide bonds. The summed E-state index contributed by atoms with van der Waals surface area (Å²) in [6.45, 7) is 9.39. The second-order valence-corrected chi connectivity index (χ2v) is 6.09. The summed E-state index contributed by atoms with van der Waals surface area (Å²) in [7, 11) is 0. The van der Waals surface area contributed by atoms with Crippen molar-refractivity contribution in [3.8, 4) is 0 Å². The van der Waals surface area contributed by atoms with Gasteiger partial charge < -0.3 is 5.41 Å². The first-order chi connectivity index (χ1) is 11.4. The lowest BCUT2D eigenvalue weighted by Gasteiger charge is -2.13. The molecule has 1 atom stereocenters. The van der Waals surface area contributed by atoms with E-state index in [9.17, 15) is 22.0 Å². The average Bonchev–Trinajstić information content (AvgIpc) is 2.50. The SMILES string of the molecule is C=CC(=CC(=N)C(C)=C(F)C(=C(C)F)C(F)(F)F)CCCC(C)CC. The van der Waals surface area contributed by atoms with Crippen LogP contribution in [-0.2, 0) is 0 Å². The van der Waals surface area contributed by atoms with E-state index in [-0.39, 0.29) is 0 Å². The fourth-order valence-electron chi connectivity index (χ4n) is 2.16. The molecule has 0 bridgehead atoms. The van der Waals surface area contributed by atoms with Gasteiger partial charge in [-0.3, -0.25) is 0 Å². The molecule has 0 radical (unpaired) electrons. The van der Waals surface area contributed by atoms with Crippen LogP contribution in [0.25, 0.3) is 0 Å². The molecule has 0 saturated heterocycles. The van der Waals surface area contributed by atoms with Crippen LogP contribution in [0.1, 0.15) is 53.4 Å². The van der Waals surface area contributed by atoms with Crippen molar-refractivity contribution in [2.75, 3.05) is 0 Å². The Morgan fingerprint density at radius 1 is 1.20 bits per heavy atom. The van der Waals surface area contributed by atoms with Crippen LogP contribution < -0.4 is 0 Å². The van der Waals surface area contributed by atoms with Crippen LogP contribution >= 0.6 is 0 Å². The highest BCUT2D eigenvalue weighted by Crippen LogP contribution is 2.36. The highest BCUT2D eigenvalue weighted by atomic mass is 19.4. The lowest BCUT2D eigenvalue weighted by Crippen LogP contribution is -2.15. The minimum atomic E-state index is -5.16. The van der Waals surface area contributed by atoms with Gasteiger partial charge in [-0.1, -0.05) is 39.3 Å². The first kappa shape index (κ1) is 23.3. The van der Waals surface area contributed by atoms with Crippen molar-refractivity contribution in [2.45, 2.75) is 59.6 Å². The van der Waals surface area contributed by atoms with Crippen LogP contribution in [0.15, 0.2) is 47.1 Å². The van der Waals surface area contributed by atoms with Crippen molar-refractivity contribution >= 4 is 5.71 Å². The van der Waals surface area contributed by atoms with Crippen molar-refractivity contribution in [3.05, 3.63) is 47.1 Å². The van der Waals surface area contributed by atoms with Gasteiger partial charge in [0.1, 0.15) is 17.2 Å². The molecule has 25 heavy (non-hydrogen) atoms. The molecule has 0 spiro atoms. The fraction of sp³-hybridized carbons (Fsp3) is 0.526. The summed E-state index contributed by atoms with van der Waals surface area (Å²) in [6.07, 6.45) is 1.06. The number of hydrogen-bond acceptors (Lipinski definition) is 1.